The van der Waals surface area contributed by atoms with Gasteiger partial charge in [0.2, 0.25) is 0 Å². The zero-order chi connectivity index (χ0) is 15.1. The number of aromatic amines is 1. The molecular weight excluding hydrogens is 276 g/mol. The summed E-state index contributed by atoms with van der Waals surface area (Å²) in [5.41, 5.74) is -0.920. The van der Waals surface area contributed by atoms with Crippen LogP contribution < -0.4 is 10.6 Å². The standard InChI is InChI=1S/C13H20N4O4/c18-11(19)13(2-7-21-8-3-13)9-17-12(20)16-4-1-10-14-5-6-15-10/h5-6H,1-4,7-9H2,(H,14,15)(H,18,19)(H2,16,17,20). The zero-order valence-electron chi connectivity index (χ0n) is 11.7. The van der Waals surface area contributed by atoms with Gasteiger partial charge in [-0.2, -0.15) is 0 Å². The lowest BCUT2D eigenvalue weighted by molar-refractivity contribution is -0.154. The predicted octanol–water partition coefficient (Wildman–Crippen LogP) is 0.133. The van der Waals surface area contributed by atoms with E-state index in [1.165, 1.54) is 0 Å². The first-order valence-electron chi connectivity index (χ1n) is 6.93. The van der Waals surface area contributed by atoms with Crippen molar-refractivity contribution in [2.45, 2.75) is 19.3 Å². The third-order valence-corrected chi connectivity index (χ3v) is 3.69. The number of aliphatic carboxylic acids is 1. The highest BCUT2D eigenvalue weighted by Gasteiger charge is 2.40. The number of carboxylic acids is 1. The number of nitrogens with one attached hydrogen (secondary N) is 3. The molecule has 0 atom stereocenters. The molecule has 2 amide bonds. The van der Waals surface area contributed by atoms with Gasteiger partial charge in [-0.1, -0.05) is 0 Å². The van der Waals surface area contributed by atoms with Crippen molar-refractivity contribution < 1.29 is 19.4 Å². The van der Waals surface area contributed by atoms with Gasteiger partial charge >= 0.3 is 12.0 Å². The molecule has 1 aliphatic rings. The van der Waals surface area contributed by atoms with Crippen LogP contribution >= 0.6 is 0 Å². The number of hydrogen-bond acceptors (Lipinski definition) is 4. The van der Waals surface area contributed by atoms with Crippen molar-refractivity contribution in [2.24, 2.45) is 5.41 Å². The van der Waals surface area contributed by atoms with Gasteiger partial charge < -0.3 is 25.5 Å². The number of aromatic nitrogens is 2. The molecule has 0 aromatic carbocycles. The summed E-state index contributed by atoms with van der Waals surface area (Å²) in [6, 6.07) is -0.367. The van der Waals surface area contributed by atoms with Gasteiger partial charge in [0, 0.05) is 45.1 Å². The molecule has 0 aliphatic carbocycles. The number of carbonyl (C=O) groups is 2. The molecule has 1 fully saturated rings. The Morgan fingerprint density at radius 1 is 1.38 bits per heavy atom. The summed E-state index contributed by atoms with van der Waals surface area (Å²) < 4.78 is 5.19. The number of hydrogen-bond donors (Lipinski definition) is 4. The largest absolute Gasteiger partial charge is 0.481 e. The van der Waals surface area contributed by atoms with Crippen molar-refractivity contribution in [3.63, 3.8) is 0 Å². The molecule has 8 nitrogen and oxygen atoms in total. The van der Waals surface area contributed by atoms with E-state index < -0.39 is 11.4 Å². The Hall–Kier alpha value is -2.09. The number of H-pyrrole nitrogens is 1. The van der Waals surface area contributed by atoms with Crippen LogP contribution in [0.5, 0.6) is 0 Å². The highest BCUT2D eigenvalue weighted by atomic mass is 16.5. The Bertz CT molecular complexity index is 469. The lowest BCUT2D eigenvalue weighted by Crippen LogP contribution is -2.49. The predicted molar refractivity (Wildman–Crippen MR) is 73.8 cm³/mol. The molecule has 8 heteroatoms. The number of rotatable bonds is 6. The normalized spacial score (nSPS) is 17.1. The SMILES string of the molecule is O=C(NCCc1ncc[nH]1)NCC1(C(=O)O)CCOCC1. The number of ether oxygens (including phenoxy) is 1. The second kappa shape index (κ2) is 7.07. The third kappa shape index (κ3) is 4.19. The number of urea groups is 1. The molecular formula is C13H20N4O4. The van der Waals surface area contributed by atoms with Crippen molar-refractivity contribution in [3.05, 3.63) is 18.2 Å². The van der Waals surface area contributed by atoms with Gasteiger partial charge in [0.1, 0.15) is 5.82 Å². The van der Waals surface area contributed by atoms with Crippen LogP contribution in [0.2, 0.25) is 0 Å². The highest BCUT2D eigenvalue weighted by Crippen LogP contribution is 2.29. The Balaban J connectivity index is 1.72. The van der Waals surface area contributed by atoms with E-state index in [4.69, 9.17) is 4.74 Å². The van der Waals surface area contributed by atoms with Crippen LogP contribution in [0.25, 0.3) is 0 Å². The van der Waals surface area contributed by atoms with Gasteiger partial charge in [0.05, 0.1) is 5.41 Å². The number of nitrogens with zero attached hydrogens (tertiary/aromatic N) is 1. The molecule has 0 unspecified atom stereocenters. The summed E-state index contributed by atoms with van der Waals surface area (Å²) in [6.07, 6.45) is 4.79. The maximum absolute atomic E-state index is 11.7. The molecule has 2 rings (SSSR count). The minimum absolute atomic E-state index is 0.109. The fraction of sp³-hybridized carbons (Fsp3) is 0.615. The third-order valence-electron chi connectivity index (χ3n) is 3.69. The van der Waals surface area contributed by atoms with Crippen LogP contribution in [0.1, 0.15) is 18.7 Å². The molecule has 2 heterocycles. The van der Waals surface area contributed by atoms with Crippen LogP contribution in [-0.2, 0) is 16.0 Å². The Kier molecular flexibility index (Phi) is 5.15. The van der Waals surface area contributed by atoms with E-state index in [2.05, 4.69) is 20.6 Å². The van der Waals surface area contributed by atoms with Crippen molar-refractivity contribution >= 4 is 12.0 Å². The summed E-state index contributed by atoms with van der Waals surface area (Å²) in [5.74, 6) is -0.0941. The Labute approximate surface area is 122 Å². The van der Waals surface area contributed by atoms with E-state index in [0.717, 1.165) is 5.82 Å². The molecule has 0 radical (unpaired) electrons. The summed E-state index contributed by atoms with van der Waals surface area (Å²) >= 11 is 0. The molecule has 0 saturated carbocycles. The van der Waals surface area contributed by atoms with Crippen LogP contribution in [0.4, 0.5) is 4.79 Å². The molecule has 0 spiro atoms. The fourth-order valence-electron chi connectivity index (χ4n) is 2.27. The van der Waals surface area contributed by atoms with Gasteiger partial charge in [-0.15, -0.1) is 0 Å². The van der Waals surface area contributed by atoms with E-state index in [1.54, 1.807) is 12.4 Å². The van der Waals surface area contributed by atoms with Crippen molar-refractivity contribution in [1.82, 2.24) is 20.6 Å². The molecule has 1 aromatic rings. The molecule has 1 aromatic heterocycles. The van der Waals surface area contributed by atoms with Crippen LogP contribution in [0.3, 0.4) is 0 Å². The topological polar surface area (TPSA) is 116 Å². The van der Waals surface area contributed by atoms with Gasteiger partial charge in [-0.3, -0.25) is 4.79 Å². The maximum Gasteiger partial charge on any atom is 0.314 e. The lowest BCUT2D eigenvalue weighted by Gasteiger charge is -2.33. The molecule has 4 N–H and O–H groups in total. The number of imidazole rings is 1. The van der Waals surface area contributed by atoms with Crippen LogP contribution in [0, 0.1) is 5.41 Å². The lowest BCUT2D eigenvalue weighted by atomic mass is 9.80. The average molecular weight is 296 g/mol. The fourth-order valence-corrected chi connectivity index (χ4v) is 2.27. The number of carboxylic acid groups (broad SMARTS) is 1. The minimum atomic E-state index is -0.920. The van der Waals surface area contributed by atoms with Crippen LogP contribution in [0.15, 0.2) is 12.4 Å². The number of amides is 2. The molecule has 1 saturated heterocycles. The van der Waals surface area contributed by atoms with Crippen molar-refractivity contribution in [1.29, 1.82) is 0 Å². The van der Waals surface area contributed by atoms with Crippen molar-refractivity contribution in [2.75, 3.05) is 26.3 Å². The Morgan fingerprint density at radius 2 is 2.14 bits per heavy atom. The monoisotopic (exact) mass is 296 g/mol. The number of carbonyl (C=O) groups excluding carboxylic acids is 1. The van der Waals surface area contributed by atoms with E-state index >= 15 is 0 Å². The first-order chi connectivity index (χ1) is 10.1. The van der Waals surface area contributed by atoms with Crippen LogP contribution in [-0.4, -0.2) is 53.4 Å². The first-order valence-corrected chi connectivity index (χ1v) is 6.93. The van der Waals surface area contributed by atoms with E-state index in [0.29, 0.717) is 39.0 Å². The minimum Gasteiger partial charge on any atom is -0.481 e. The molecule has 1 aliphatic heterocycles. The molecule has 0 bridgehead atoms. The van der Waals surface area contributed by atoms with Gasteiger partial charge in [-0.05, 0) is 12.8 Å². The first kappa shape index (κ1) is 15.3. The maximum atomic E-state index is 11.7. The molecule has 21 heavy (non-hydrogen) atoms. The van der Waals surface area contributed by atoms with Gasteiger partial charge in [-0.25, -0.2) is 9.78 Å². The smallest absolute Gasteiger partial charge is 0.314 e. The summed E-state index contributed by atoms with van der Waals surface area (Å²) in [5, 5.41) is 14.7. The summed E-state index contributed by atoms with van der Waals surface area (Å²) in [6.45, 7) is 1.36. The molecule has 116 valence electrons. The van der Waals surface area contributed by atoms with Gasteiger partial charge in [0.15, 0.2) is 0 Å². The quantitative estimate of drug-likeness (QED) is 0.595. The second-order valence-electron chi connectivity index (χ2n) is 5.09. The van der Waals surface area contributed by atoms with Crippen molar-refractivity contribution in [3.8, 4) is 0 Å². The summed E-state index contributed by atoms with van der Waals surface area (Å²) in [7, 11) is 0. The van der Waals surface area contributed by atoms with Gasteiger partial charge in [0.25, 0.3) is 0 Å². The van der Waals surface area contributed by atoms with E-state index in [1.807, 2.05) is 0 Å². The highest BCUT2D eigenvalue weighted by molar-refractivity contribution is 5.78. The second-order valence-corrected chi connectivity index (χ2v) is 5.09. The van der Waals surface area contributed by atoms with E-state index in [-0.39, 0.29) is 12.6 Å². The zero-order valence-corrected chi connectivity index (χ0v) is 11.7. The Morgan fingerprint density at radius 3 is 2.76 bits per heavy atom. The summed E-state index contributed by atoms with van der Waals surface area (Å²) in [4.78, 5) is 30.1. The van der Waals surface area contributed by atoms with E-state index in [9.17, 15) is 14.7 Å². The average Bonchev–Trinajstić information content (AvgIpc) is 2.99.